The lowest BCUT2D eigenvalue weighted by Gasteiger charge is -2.42. The highest BCUT2D eigenvalue weighted by molar-refractivity contribution is 5.88. The average molecular weight is 251 g/mol. The second-order valence-electron chi connectivity index (χ2n) is 6.78. The molecular formula is C15H25NO2. The van der Waals surface area contributed by atoms with Crippen molar-refractivity contribution in [2.45, 2.75) is 52.6 Å². The summed E-state index contributed by atoms with van der Waals surface area (Å²) in [6.07, 6.45) is 3.39. The molecule has 0 radical (unpaired) electrons. The molecule has 3 aliphatic rings. The lowest BCUT2D eigenvalue weighted by atomic mass is 9.66. The largest absolute Gasteiger partial charge is 0.364 e. The molecule has 3 heteroatoms. The van der Waals surface area contributed by atoms with E-state index >= 15 is 0 Å². The molecule has 0 aromatic carbocycles. The van der Waals surface area contributed by atoms with Gasteiger partial charge in [0.05, 0.1) is 6.61 Å². The molecule has 1 aliphatic heterocycles. The molecule has 3 fully saturated rings. The molecule has 18 heavy (non-hydrogen) atoms. The fourth-order valence-electron chi connectivity index (χ4n) is 5.00. The average Bonchev–Trinajstić information content (AvgIpc) is 2.83. The van der Waals surface area contributed by atoms with Gasteiger partial charge in [-0.1, -0.05) is 13.8 Å². The van der Waals surface area contributed by atoms with Crippen molar-refractivity contribution in [1.29, 1.82) is 0 Å². The van der Waals surface area contributed by atoms with Gasteiger partial charge in [0.15, 0.2) is 5.60 Å². The van der Waals surface area contributed by atoms with Crippen LogP contribution in [0.25, 0.3) is 0 Å². The van der Waals surface area contributed by atoms with Crippen LogP contribution in [0.15, 0.2) is 0 Å². The third kappa shape index (κ3) is 1.05. The fourth-order valence-corrected chi connectivity index (χ4v) is 5.00. The molecule has 0 aromatic rings. The molecule has 2 aliphatic carbocycles. The van der Waals surface area contributed by atoms with E-state index in [1.165, 1.54) is 6.42 Å². The van der Waals surface area contributed by atoms with E-state index in [1.807, 2.05) is 4.90 Å². The minimum absolute atomic E-state index is 0.0599. The van der Waals surface area contributed by atoms with Crippen LogP contribution in [-0.2, 0) is 9.53 Å². The van der Waals surface area contributed by atoms with Gasteiger partial charge in [-0.05, 0) is 39.0 Å². The van der Waals surface area contributed by atoms with Crippen LogP contribution in [0, 0.1) is 16.7 Å². The van der Waals surface area contributed by atoms with Crippen LogP contribution in [0.4, 0.5) is 0 Å². The Morgan fingerprint density at radius 1 is 1.33 bits per heavy atom. The lowest BCUT2D eigenvalue weighted by Crippen LogP contribution is -2.56. The second kappa shape index (κ2) is 3.50. The summed E-state index contributed by atoms with van der Waals surface area (Å²) < 4.78 is 6.13. The molecule has 1 saturated heterocycles. The third-order valence-electron chi connectivity index (χ3n) is 6.59. The highest BCUT2D eigenvalue weighted by atomic mass is 16.5. The highest BCUT2D eigenvalue weighted by Gasteiger charge is 2.78. The molecule has 0 unspecified atom stereocenters. The van der Waals surface area contributed by atoms with Crippen LogP contribution >= 0.6 is 0 Å². The Labute approximate surface area is 110 Å². The number of hydrogen-bond donors (Lipinski definition) is 0. The molecule has 3 rings (SSSR count). The Hall–Kier alpha value is -0.570. The summed E-state index contributed by atoms with van der Waals surface area (Å²) >= 11 is 0. The van der Waals surface area contributed by atoms with E-state index in [-0.39, 0.29) is 16.7 Å². The Bertz CT molecular complexity index is 392. The Morgan fingerprint density at radius 2 is 2.00 bits per heavy atom. The number of carbonyl (C=O) groups excluding carboxylic acids is 1. The Morgan fingerprint density at radius 3 is 2.50 bits per heavy atom. The maximum absolute atomic E-state index is 12.9. The van der Waals surface area contributed by atoms with Gasteiger partial charge in [-0.2, -0.15) is 0 Å². The maximum Gasteiger partial charge on any atom is 0.255 e. The SMILES string of the molecule is CCN(CC)C(=O)[C@@]12C[C@H]3CC[C@@]1(C)[C@@]3(C)CO2. The van der Waals surface area contributed by atoms with Gasteiger partial charge in [0, 0.05) is 23.9 Å². The van der Waals surface area contributed by atoms with Gasteiger partial charge < -0.3 is 9.64 Å². The molecule has 4 atom stereocenters. The zero-order chi connectivity index (χ0) is 13.2. The van der Waals surface area contributed by atoms with Crippen molar-refractivity contribution in [1.82, 2.24) is 4.90 Å². The first-order valence-electron chi connectivity index (χ1n) is 7.38. The van der Waals surface area contributed by atoms with Gasteiger partial charge in [0.25, 0.3) is 5.91 Å². The van der Waals surface area contributed by atoms with Crippen LogP contribution < -0.4 is 0 Å². The zero-order valence-electron chi connectivity index (χ0n) is 12.1. The van der Waals surface area contributed by atoms with Crippen LogP contribution in [0.2, 0.25) is 0 Å². The monoisotopic (exact) mass is 251 g/mol. The standard InChI is InChI=1S/C15H25NO2/c1-5-16(6-2)12(17)15-9-11-7-8-14(15,4)13(11,3)10-18-15/h11H,5-10H2,1-4H3/t11-,13+,14+,15+/m1/s1. The first kappa shape index (κ1) is 12.5. The molecule has 2 saturated carbocycles. The second-order valence-corrected chi connectivity index (χ2v) is 6.78. The predicted octanol–water partition coefficient (Wildman–Crippen LogP) is 2.45. The number of carbonyl (C=O) groups is 1. The van der Waals surface area contributed by atoms with Crippen molar-refractivity contribution in [3.63, 3.8) is 0 Å². The smallest absolute Gasteiger partial charge is 0.255 e. The molecule has 3 nitrogen and oxygen atoms in total. The minimum Gasteiger partial charge on any atom is -0.364 e. The maximum atomic E-state index is 12.9. The Kier molecular flexibility index (Phi) is 2.42. The first-order valence-corrected chi connectivity index (χ1v) is 7.38. The van der Waals surface area contributed by atoms with Gasteiger partial charge in [0.1, 0.15) is 0 Å². The molecule has 102 valence electrons. The van der Waals surface area contributed by atoms with Crippen molar-refractivity contribution >= 4 is 5.91 Å². The van der Waals surface area contributed by atoms with Crippen molar-refractivity contribution in [2.24, 2.45) is 16.7 Å². The lowest BCUT2D eigenvalue weighted by molar-refractivity contribution is -0.166. The van der Waals surface area contributed by atoms with Crippen LogP contribution in [0.1, 0.15) is 47.0 Å². The van der Waals surface area contributed by atoms with E-state index in [0.29, 0.717) is 5.92 Å². The van der Waals surface area contributed by atoms with Gasteiger partial charge in [-0.3, -0.25) is 4.79 Å². The summed E-state index contributed by atoms with van der Waals surface area (Å²) in [6.45, 7) is 11.1. The number of rotatable bonds is 3. The van der Waals surface area contributed by atoms with E-state index in [1.54, 1.807) is 0 Å². The molecular weight excluding hydrogens is 226 g/mol. The van der Waals surface area contributed by atoms with E-state index in [9.17, 15) is 4.79 Å². The van der Waals surface area contributed by atoms with Gasteiger partial charge in [0.2, 0.25) is 0 Å². The highest BCUT2D eigenvalue weighted by Crippen LogP contribution is 2.75. The van der Waals surface area contributed by atoms with Crippen molar-refractivity contribution < 1.29 is 9.53 Å². The molecule has 4 bridgehead atoms. The summed E-state index contributed by atoms with van der Waals surface area (Å²) in [6, 6.07) is 0. The number of hydrogen-bond acceptors (Lipinski definition) is 2. The predicted molar refractivity (Wildman–Crippen MR) is 70.2 cm³/mol. The molecule has 0 N–H and O–H groups in total. The number of amides is 1. The number of likely N-dealkylation sites (N-methyl/N-ethyl adjacent to an activating group) is 1. The minimum atomic E-state index is -0.503. The Balaban J connectivity index is 2.00. The van der Waals surface area contributed by atoms with E-state index < -0.39 is 5.60 Å². The van der Waals surface area contributed by atoms with Crippen LogP contribution in [0.3, 0.4) is 0 Å². The van der Waals surface area contributed by atoms with E-state index in [0.717, 1.165) is 32.5 Å². The van der Waals surface area contributed by atoms with Crippen molar-refractivity contribution in [3.05, 3.63) is 0 Å². The fraction of sp³-hybridized carbons (Fsp3) is 0.933. The van der Waals surface area contributed by atoms with Crippen molar-refractivity contribution in [3.8, 4) is 0 Å². The van der Waals surface area contributed by atoms with Gasteiger partial charge >= 0.3 is 0 Å². The summed E-state index contributed by atoms with van der Waals surface area (Å²) in [4.78, 5) is 14.9. The van der Waals surface area contributed by atoms with E-state index in [2.05, 4.69) is 27.7 Å². The molecule has 1 amide bonds. The third-order valence-corrected chi connectivity index (χ3v) is 6.59. The zero-order valence-corrected chi connectivity index (χ0v) is 12.1. The summed E-state index contributed by atoms with van der Waals surface area (Å²) in [7, 11) is 0. The molecule has 0 aromatic heterocycles. The molecule has 1 heterocycles. The summed E-state index contributed by atoms with van der Waals surface area (Å²) in [5.74, 6) is 0.941. The number of nitrogens with zero attached hydrogens (tertiary/aromatic N) is 1. The normalized spacial score (nSPS) is 48.8. The van der Waals surface area contributed by atoms with Crippen LogP contribution in [0.5, 0.6) is 0 Å². The quantitative estimate of drug-likeness (QED) is 0.771. The van der Waals surface area contributed by atoms with Gasteiger partial charge in [-0.25, -0.2) is 0 Å². The number of ether oxygens (including phenoxy) is 1. The topological polar surface area (TPSA) is 29.5 Å². The molecule has 0 spiro atoms. The summed E-state index contributed by atoms with van der Waals surface area (Å²) in [5, 5.41) is 0. The van der Waals surface area contributed by atoms with Crippen LogP contribution in [-0.4, -0.2) is 36.1 Å². The summed E-state index contributed by atoms with van der Waals surface area (Å²) in [5.41, 5.74) is -0.211. The van der Waals surface area contributed by atoms with E-state index in [4.69, 9.17) is 4.74 Å². The first-order chi connectivity index (χ1) is 8.45. The van der Waals surface area contributed by atoms with Gasteiger partial charge in [-0.15, -0.1) is 0 Å². The van der Waals surface area contributed by atoms with Crippen molar-refractivity contribution in [2.75, 3.05) is 19.7 Å².